The van der Waals surface area contributed by atoms with Crippen molar-refractivity contribution in [3.63, 3.8) is 0 Å². The molecule has 0 aliphatic carbocycles. The zero-order valence-electron chi connectivity index (χ0n) is 17.9. The van der Waals surface area contributed by atoms with E-state index in [0.29, 0.717) is 29.4 Å². The van der Waals surface area contributed by atoms with E-state index in [9.17, 15) is 9.18 Å². The molecule has 1 unspecified atom stereocenters. The lowest BCUT2D eigenvalue weighted by Crippen LogP contribution is -2.45. The van der Waals surface area contributed by atoms with Crippen LogP contribution in [0.1, 0.15) is 16.7 Å². The molecule has 168 valence electrons. The van der Waals surface area contributed by atoms with Crippen LogP contribution in [0.15, 0.2) is 78.4 Å². The van der Waals surface area contributed by atoms with E-state index in [1.54, 1.807) is 24.5 Å². The van der Waals surface area contributed by atoms with E-state index in [4.69, 9.17) is 5.73 Å². The number of nitrogens with two attached hydrogens (primary N) is 1. The molecular weight excluding hydrogens is 437 g/mol. The molecule has 0 bridgehead atoms. The van der Waals surface area contributed by atoms with E-state index < -0.39 is 6.04 Å². The molecule has 0 aliphatic rings. The minimum Gasteiger partial charge on any atom is -0.375 e. The molecule has 1 amide bonds. The molecule has 2 aromatic heterocycles. The van der Waals surface area contributed by atoms with Gasteiger partial charge in [-0.1, -0.05) is 36.4 Å². The van der Waals surface area contributed by atoms with Crippen LogP contribution < -0.4 is 16.4 Å². The molecule has 0 radical (unpaired) electrons. The van der Waals surface area contributed by atoms with Crippen LogP contribution in [0.3, 0.4) is 0 Å². The van der Waals surface area contributed by atoms with Gasteiger partial charge in [-0.25, -0.2) is 9.37 Å². The standard InChI is InChI=1S/C25H24FN5OS/c26-21-9-8-19(23-16-33-25(27)31-23)12-20(21)15-30-24(32)22(11-17-5-2-1-3-6-17)29-14-18-7-4-10-28-13-18/h1-10,12-13,16,22,29H,11,14-15H2,(H2,27,31)(H,30,32). The van der Waals surface area contributed by atoms with Crippen molar-refractivity contribution in [2.24, 2.45) is 0 Å². The van der Waals surface area contributed by atoms with Crippen molar-refractivity contribution in [1.82, 2.24) is 20.6 Å². The van der Waals surface area contributed by atoms with Crippen LogP contribution in [-0.2, 0) is 24.3 Å². The molecule has 0 saturated carbocycles. The predicted molar refractivity (Wildman–Crippen MR) is 129 cm³/mol. The fraction of sp³-hybridized carbons (Fsp3) is 0.160. The smallest absolute Gasteiger partial charge is 0.237 e. The number of thiazole rings is 1. The van der Waals surface area contributed by atoms with Crippen molar-refractivity contribution < 1.29 is 9.18 Å². The minimum absolute atomic E-state index is 0.0674. The number of anilines is 1. The summed E-state index contributed by atoms with van der Waals surface area (Å²) in [5.41, 5.74) is 9.55. The van der Waals surface area contributed by atoms with Crippen LogP contribution in [0.25, 0.3) is 11.3 Å². The maximum Gasteiger partial charge on any atom is 0.237 e. The summed E-state index contributed by atoms with van der Waals surface area (Å²) in [7, 11) is 0. The Morgan fingerprint density at radius 2 is 1.88 bits per heavy atom. The molecule has 1 atom stereocenters. The molecule has 33 heavy (non-hydrogen) atoms. The summed E-state index contributed by atoms with van der Waals surface area (Å²) in [5, 5.41) is 8.46. The van der Waals surface area contributed by atoms with E-state index in [2.05, 4.69) is 20.6 Å². The van der Waals surface area contributed by atoms with Gasteiger partial charge in [0.25, 0.3) is 0 Å². The lowest BCUT2D eigenvalue weighted by Gasteiger charge is -2.19. The topological polar surface area (TPSA) is 92.9 Å². The van der Waals surface area contributed by atoms with Gasteiger partial charge in [-0.05, 0) is 41.8 Å². The number of nitrogen functional groups attached to an aromatic ring is 1. The SMILES string of the molecule is Nc1nc(-c2ccc(F)c(CNC(=O)C(Cc3ccccc3)NCc3cccnc3)c2)cs1. The molecule has 4 N–H and O–H groups in total. The summed E-state index contributed by atoms with van der Waals surface area (Å²) in [6, 6.07) is 17.8. The van der Waals surface area contributed by atoms with E-state index in [1.807, 2.05) is 47.8 Å². The third-order valence-electron chi connectivity index (χ3n) is 5.19. The Balaban J connectivity index is 1.45. The third-order valence-corrected chi connectivity index (χ3v) is 5.86. The van der Waals surface area contributed by atoms with Gasteiger partial charge < -0.3 is 16.4 Å². The van der Waals surface area contributed by atoms with Crippen LogP contribution in [-0.4, -0.2) is 21.9 Å². The largest absolute Gasteiger partial charge is 0.375 e. The second-order valence-corrected chi connectivity index (χ2v) is 8.47. The number of hydrogen-bond acceptors (Lipinski definition) is 6. The summed E-state index contributed by atoms with van der Waals surface area (Å²) >= 11 is 1.33. The van der Waals surface area contributed by atoms with Gasteiger partial charge in [0.1, 0.15) is 5.82 Å². The first-order valence-electron chi connectivity index (χ1n) is 10.5. The highest BCUT2D eigenvalue weighted by molar-refractivity contribution is 7.13. The highest BCUT2D eigenvalue weighted by Crippen LogP contribution is 2.25. The summed E-state index contributed by atoms with van der Waals surface area (Å²) in [4.78, 5) is 21.4. The van der Waals surface area contributed by atoms with Crippen LogP contribution in [0, 0.1) is 5.82 Å². The maximum atomic E-state index is 14.4. The van der Waals surface area contributed by atoms with Crippen molar-refractivity contribution >= 4 is 22.4 Å². The Morgan fingerprint density at radius 1 is 1.06 bits per heavy atom. The number of nitrogens with zero attached hydrogens (tertiary/aromatic N) is 2. The first-order valence-corrected chi connectivity index (χ1v) is 11.4. The fourth-order valence-corrected chi connectivity index (χ4v) is 4.02. The zero-order chi connectivity index (χ0) is 23.0. The summed E-state index contributed by atoms with van der Waals surface area (Å²) in [5.74, 6) is -0.587. The maximum absolute atomic E-state index is 14.4. The van der Waals surface area contributed by atoms with Crippen molar-refractivity contribution in [1.29, 1.82) is 0 Å². The van der Waals surface area contributed by atoms with Crippen molar-refractivity contribution in [2.75, 3.05) is 5.73 Å². The molecule has 0 spiro atoms. The molecule has 0 aliphatic heterocycles. The fourth-order valence-electron chi connectivity index (χ4n) is 3.45. The van der Waals surface area contributed by atoms with Crippen molar-refractivity contribution in [3.8, 4) is 11.3 Å². The summed E-state index contributed by atoms with van der Waals surface area (Å²) < 4.78 is 14.4. The van der Waals surface area contributed by atoms with Crippen molar-refractivity contribution in [2.45, 2.75) is 25.6 Å². The Labute approximate surface area is 195 Å². The van der Waals surface area contributed by atoms with Crippen LogP contribution in [0.2, 0.25) is 0 Å². The van der Waals surface area contributed by atoms with Gasteiger partial charge in [0.05, 0.1) is 11.7 Å². The number of rotatable bonds is 9. The number of amides is 1. The summed E-state index contributed by atoms with van der Waals surface area (Å²) in [6.45, 7) is 0.561. The second-order valence-electron chi connectivity index (χ2n) is 7.58. The van der Waals surface area contributed by atoms with Gasteiger partial charge in [-0.3, -0.25) is 9.78 Å². The average Bonchev–Trinajstić information content (AvgIpc) is 3.28. The molecule has 8 heteroatoms. The Kier molecular flexibility index (Phi) is 7.39. The second kappa shape index (κ2) is 10.8. The molecule has 6 nitrogen and oxygen atoms in total. The van der Waals surface area contributed by atoms with E-state index in [1.165, 1.54) is 17.4 Å². The number of benzene rings is 2. The van der Waals surface area contributed by atoms with Crippen LogP contribution >= 0.6 is 11.3 Å². The number of carbonyl (C=O) groups excluding carboxylic acids is 1. The number of carbonyl (C=O) groups is 1. The van der Waals surface area contributed by atoms with Crippen LogP contribution in [0.5, 0.6) is 0 Å². The van der Waals surface area contributed by atoms with Gasteiger partial charge in [-0.15, -0.1) is 11.3 Å². The minimum atomic E-state index is -0.489. The number of halogens is 1. The highest BCUT2D eigenvalue weighted by atomic mass is 32.1. The van der Waals surface area contributed by atoms with Crippen LogP contribution in [0.4, 0.5) is 9.52 Å². The first-order chi connectivity index (χ1) is 16.1. The van der Waals surface area contributed by atoms with Gasteiger partial charge in [0, 0.05) is 42.0 Å². The Morgan fingerprint density at radius 3 is 2.61 bits per heavy atom. The summed E-state index contributed by atoms with van der Waals surface area (Å²) in [6.07, 6.45) is 3.98. The molecule has 4 rings (SSSR count). The highest BCUT2D eigenvalue weighted by Gasteiger charge is 2.19. The number of pyridine rings is 1. The van der Waals surface area contributed by atoms with Gasteiger partial charge in [-0.2, -0.15) is 0 Å². The quantitative estimate of drug-likeness (QED) is 0.351. The normalized spacial score (nSPS) is 11.8. The lowest BCUT2D eigenvalue weighted by molar-refractivity contribution is -0.123. The molecule has 2 heterocycles. The monoisotopic (exact) mass is 461 g/mol. The van der Waals surface area contributed by atoms with Gasteiger partial charge >= 0.3 is 0 Å². The third kappa shape index (κ3) is 6.21. The molecule has 4 aromatic rings. The molecule has 0 fully saturated rings. The number of nitrogens with one attached hydrogen (secondary N) is 2. The van der Waals surface area contributed by atoms with Gasteiger partial charge in [0.2, 0.25) is 5.91 Å². The molecule has 0 saturated heterocycles. The zero-order valence-corrected chi connectivity index (χ0v) is 18.7. The Hall–Kier alpha value is -3.62. The van der Waals surface area contributed by atoms with Crippen molar-refractivity contribution in [3.05, 3.63) is 101 Å². The van der Waals surface area contributed by atoms with Gasteiger partial charge in [0.15, 0.2) is 5.13 Å². The number of hydrogen-bond donors (Lipinski definition) is 3. The van der Waals surface area contributed by atoms with E-state index in [-0.39, 0.29) is 18.3 Å². The Bertz CT molecular complexity index is 1200. The van der Waals surface area contributed by atoms with E-state index >= 15 is 0 Å². The number of aromatic nitrogens is 2. The first kappa shape index (κ1) is 22.6. The van der Waals surface area contributed by atoms with E-state index in [0.717, 1.165) is 16.7 Å². The lowest BCUT2D eigenvalue weighted by atomic mass is 10.0. The average molecular weight is 462 g/mol. The molecule has 2 aromatic carbocycles. The predicted octanol–water partition coefficient (Wildman–Crippen LogP) is 3.94. The molecular formula is C25H24FN5OS.